The third-order valence-electron chi connectivity index (χ3n) is 5.31. The highest BCUT2D eigenvalue weighted by Crippen LogP contribution is 2.40. The van der Waals surface area contributed by atoms with E-state index in [1.54, 1.807) is 44.6 Å². The lowest BCUT2D eigenvalue weighted by atomic mass is 9.97. The zero-order valence-corrected chi connectivity index (χ0v) is 18.4. The van der Waals surface area contributed by atoms with Gasteiger partial charge in [-0.1, -0.05) is 18.2 Å². The van der Waals surface area contributed by atoms with Crippen LogP contribution in [0.25, 0.3) is 0 Å². The number of anilines is 1. The predicted octanol–water partition coefficient (Wildman–Crippen LogP) is 3.41. The molecule has 32 heavy (non-hydrogen) atoms. The summed E-state index contributed by atoms with van der Waals surface area (Å²) in [5, 5.41) is 21.8. The Morgan fingerprint density at radius 1 is 1.00 bits per heavy atom. The topological polar surface area (TPSA) is 114 Å². The Hall–Kier alpha value is -3.56. The second kappa shape index (κ2) is 8.52. The van der Waals surface area contributed by atoms with Crippen molar-refractivity contribution in [2.75, 3.05) is 19.2 Å². The second-order valence-electron chi connectivity index (χ2n) is 7.31. The van der Waals surface area contributed by atoms with Crippen molar-refractivity contribution in [2.24, 2.45) is 10.2 Å². The number of ether oxygens (including phenoxy) is 2. The third-order valence-corrected chi connectivity index (χ3v) is 6.24. The van der Waals surface area contributed by atoms with Crippen LogP contribution in [0.5, 0.6) is 17.2 Å². The van der Waals surface area contributed by atoms with Crippen LogP contribution in [-0.4, -0.2) is 33.5 Å². The first-order chi connectivity index (χ1) is 15.3. The zero-order valence-electron chi connectivity index (χ0n) is 17.6. The molecule has 0 radical (unpaired) electrons. The van der Waals surface area contributed by atoms with E-state index in [0.29, 0.717) is 23.6 Å². The number of aromatic hydroxyl groups is 1. The van der Waals surface area contributed by atoms with Crippen LogP contribution in [0, 0.1) is 0 Å². The van der Waals surface area contributed by atoms with E-state index < -0.39 is 10.0 Å². The summed E-state index contributed by atoms with van der Waals surface area (Å²) in [5.41, 5.74) is 3.24. The fourth-order valence-corrected chi connectivity index (χ4v) is 4.23. The van der Waals surface area contributed by atoms with Crippen LogP contribution in [0.4, 0.5) is 5.69 Å². The average Bonchev–Trinajstić information content (AvgIpc) is 3.23. The van der Waals surface area contributed by atoms with Gasteiger partial charge in [-0.2, -0.15) is 5.10 Å². The fraction of sp³-hybridized carbons (Fsp3) is 0.174. The minimum atomic E-state index is -3.80. The largest absolute Gasteiger partial charge is 0.508 e. The van der Waals surface area contributed by atoms with E-state index in [1.165, 1.54) is 12.1 Å². The van der Waals surface area contributed by atoms with Gasteiger partial charge in [0.2, 0.25) is 10.0 Å². The quantitative estimate of drug-likeness (QED) is 0.591. The van der Waals surface area contributed by atoms with Crippen LogP contribution in [0.2, 0.25) is 0 Å². The fourth-order valence-electron chi connectivity index (χ4n) is 3.72. The normalized spacial score (nSPS) is 16.0. The lowest BCUT2D eigenvalue weighted by Gasteiger charge is -2.24. The van der Waals surface area contributed by atoms with Crippen molar-refractivity contribution in [2.45, 2.75) is 17.4 Å². The van der Waals surface area contributed by atoms with Crippen LogP contribution in [0.1, 0.15) is 23.6 Å². The minimum Gasteiger partial charge on any atom is -0.508 e. The van der Waals surface area contributed by atoms with Crippen molar-refractivity contribution >= 4 is 21.4 Å². The average molecular weight is 454 g/mol. The van der Waals surface area contributed by atoms with Gasteiger partial charge in [0.05, 0.1) is 36.6 Å². The summed E-state index contributed by atoms with van der Waals surface area (Å²) in [6.45, 7) is 0. The summed E-state index contributed by atoms with van der Waals surface area (Å²) in [6.07, 6.45) is 0.565. The Morgan fingerprint density at radius 2 is 1.72 bits per heavy atom. The van der Waals surface area contributed by atoms with Crippen LogP contribution in [0.3, 0.4) is 0 Å². The van der Waals surface area contributed by atoms with Gasteiger partial charge in [-0.3, -0.25) is 5.01 Å². The highest BCUT2D eigenvalue weighted by atomic mass is 32.2. The van der Waals surface area contributed by atoms with Gasteiger partial charge < -0.3 is 14.6 Å². The van der Waals surface area contributed by atoms with Crippen molar-refractivity contribution in [1.82, 2.24) is 0 Å². The molecule has 0 spiro atoms. The van der Waals surface area contributed by atoms with E-state index in [4.69, 9.17) is 19.7 Å². The number of nitrogens with zero attached hydrogens (tertiary/aromatic N) is 2. The molecular formula is C23H23N3O5S. The van der Waals surface area contributed by atoms with Crippen LogP contribution < -0.4 is 19.6 Å². The number of phenols is 1. The summed E-state index contributed by atoms with van der Waals surface area (Å²) in [5.74, 6) is 1.37. The Morgan fingerprint density at radius 3 is 2.34 bits per heavy atom. The molecule has 1 atom stereocenters. The lowest BCUT2D eigenvalue weighted by molar-refractivity contribution is 0.354. The number of hydrazone groups is 1. The van der Waals surface area contributed by atoms with Gasteiger partial charge in [0.25, 0.3) is 0 Å². The first-order valence-corrected chi connectivity index (χ1v) is 11.4. The van der Waals surface area contributed by atoms with Gasteiger partial charge in [0, 0.05) is 12.0 Å². The van der Waals surface area contributed by atoms with Gasteiger partial charge in [0.1, 0.15) is 5.75 Å². The van der Waals surface area contributed by atoms with Gasteiger partial charge in [-0.05, 0) is 54.1 Å². The number of hydrogen-bond donors (Lipinski definition) is 2. The molecule has 0 bridgehead atoms. The van der Waals surface area contributed by atoms with Gasteiger partial charge in [-0.15, -0.1) is 0 Å². The summed E-state index contributed by atoms with van der Waals surface area (Å²) in [7, 11) is -0.640. The Bertz CT molecular complexity index is 1270. The molecule has 3 N–H and O–H groups in total. The smallest absolute Gasteiger partial charge is 0.238 e. The number of hydrogen-bond acceptors (Lipinski definition) is 7. The number of primary sulfonamides is 1. The SMILES string of the molecule is COc1ccc([C@@H]2CC(c3cccc(O)c3)=NN2c2ccc(S(N)(=O)=O)cc2)cc1OC. The number of nitrogens with two attached hydrogens (primary N) is 1. The number of phenolic OH excluding ortho intramolecular Hbond substituents is 1. The molecule has 1 aliphatic rings. The molecule has 3 aromatic rings. The lowest BCUT2D eigenvalue weighted by Crippen LogP contribution is -2.19. The van der Waals surface area contributed by atoms with Crippen LogP contribution >= 0.6 is 0 Å². The van der Waals surface area contributed by atoms with Crippen molar-refractivity contribution in [3.63, 3.8) is 0 Å². The molecule has 0 fully saturated rings. The predicted molar refractivity (Wildman–Crippen MR) is 122 cm³/mol. The zero-order chi connectivity index (χ0) is 22.9. The van der Waals surface area contributed by atoms with Gasteiger partial charge in [-0.25, -0.2) is 13.6 Å². The highest BCUT2D eigenvalue weighted by molar-refractivity contribution is 7.89. The monoisotopic (exact) mass is 453 g/mol. The molecule has 0 saturated heterocycles. The Balaban J connectivity index is 1.78. The van der Waals surface area contributed by atoms with Crippen LogP contribution in [-0.2, 0) is 10.0 Å². The molecule has 9 heteroatoms. The van der Waals surface area contributed by atoms with E-state index >= 15 is 0 Å². The number of benzene rings is 3. The Labute approximate surface area is 186 Å². The second-order valence-corrected chi connectivity index (χ2v) is 8.88. The molecule has 3 aromatic carbocycles. The molecule has 0 aliphatic carbocycles. The molecule has 0 amide bonds. The molecule has 1 heterocycles. The molecule has 0 aromatic heterocycles. The van der Waals surface area contributed by atoms with E-state index in [2.05, 4.69) is 0 Å². The summed E-state index contributed by atoms with van der Waals surface area (Å²) >= 11 is 0. The standard InChI is InChI=1S/C23H23N3O5S/c1-30-22-11-6-16(13-23(22)31-2)21-14-20(15-4-3-5-18(27)12-15)25-26(21)17-7-9-19(10-8-17)32(24,28)29/h3-13,21,27H,14H2,1-2H3,(H2,24,28,29)/t21-/m0/s1. The van der Waals surface area contributed by atoms with Crippen molar-refractivity contribution < 1.29 is 23.0 Å². The molecule has 166 valence electrons. The van der Waals surface area contributed by atoms with E-state index in [-0.39, 0.29) is 16.7 Å². The highest BCUT2D eigenvalue weighted by Gasteiger charge is 2.31. The summed E-state index contributed by atoms with van der Waals surface area (Å²) in [6, 6.07) is 18.7. The Kier molecular flexibility index (Phi) is 5.77. The van der Waals surface area contributed by atoms with E-state index in [0.717, 1.165) is 16.8 Å². The summed E-state index contributed by atoms with van der Waals surface area (Å²) < 4.78 is 34.1. The maximum Gasteiger partial charge on any atom is 0.238 e. The minimum absolute atomic E-state index is 0.0281. The van der Waals surface area contributed by atoms with Crippen molar-refractivity contribution in [3.05, 3.63) is 77.9 Å². The van der Waals surface area contributed by atoms with Crippen molar-refractivity contribution in [1.29, 1.82) is 0 Å². The van der Waals surface area contributed by atoms with E-state index in [1.807, 2.05) is 29.3 Å². The van der Waals surface area contributed by atoms with Crippen LogP contribution in [0.15, 0.2) is 76.7 Å². The molecular weight excluding hydrogens is 430 g/mol. The van der Waals surface area contributed by atoms with Crippen molar-refractivity contribution in [3.8, 4) is 17.2 Å². The first-order valence-electron chi connectivity index (χ1n) is 9.81. The third kappa shape index (κ3) is 4.25. The molecule has 0 saturated carbocycles. The number of sulfonamides is 1. The summed E-state index contributed by atoms with van der Waals surface area (Å²) in [4.78, 5) is 0.0281. The van der Waals surface area contributed by atoms with Gasteiger partial charge >= 0.3 is 0 Å². The maximum absolute atomic E-state index is 11.6. The number of rotatable bonds is 6. The van der Waals surface area contributed by atoms with Gasteiger partial charge in [0.15, 0.2) is 11.5 Å². The molecule has 0 unspecified atom stereocenters. The first kappa shape index (κ1) is 21.7. The maximum atomic E-state index is 11.6. The molecule has 1 aliphatic heterocycles. The molecule has 4 rings (SSSR count). The number of methoxy groups -OCH3 is 2. The molecule has 8 nitrogen and oxygen atoms in total. The van der Waals surface area contributed by atoms with E-state index in [9.17, 15) is 13.5 Å².